The number of nitrogens with zero attached hydrogens (tertiary/aromatic N) is 1. The lowest BCUT2D eigenvalue weighted by Gasteiger charge is -2.34. The zero-order valence-electron chi connectivity index (χ0n) is 14.5. The van der Waals surface area contributed by atoms with Gasteiger partial charge in [-0.3, -0.25) is 4.79 Å². The van der Waals surface area contributed by atoms with Gasteiger partial charge in [-0.1, -0.05) is 0 Å². The molecule has 0 atom stereocenters. The number of nitrogens with two attached hydrogens (primary N) is 1. The van der Waals surface area contributed by atoms with E-state index < -0.39 is 5.41 Å². The third kappa shape index (κ3) is 5.77. The third-order valence-corrected chi connectivity index (χ3v) is 4.35. The first-order valence-corrected chi connectivity index (χ1v) is 8.10. The van der Waals surface area contributed by atoms with Gasteiger partial charge in [-0.15, -0.1) is 24.8 Å². The second-order valence-electron chi connectivity index (χ2n) is 5.99. The predicted molar refractivity (Wildman–Crippen MR) is 105 cm³/mol. The lowest BCUT2D eigenvalue weighted by atomic mass is 9.79. The second-order valence-corrected chi connectivity index (χ2v) is 5.99. The number of anilines is 1. The first-order chi connectivity index (χ1) is 12.1. The van der Waals surface area contributed by atoms with E-state index in [-0.39, 0.29) is 43.1 Å². The molecule has 3 N–H and O–H groups in total. The number of pyridine rings is 1. The molecule has 0 bridgehead atoms. The number of rotatable bonds is 5. The molecule has 1 amide bonds. The molecule has 2 aromatic rings. The van der Waals surface area contributed by atoms with Gasteiger partial charge >= 0.3 is 0 Å². The SMILES string of the molecule is Cl.Cl.NCC1(C(=O)Nc2ccc(Oc3ccc(F)cc3)cn2)CCOCC1. The fourth-order valence-corrected chi connectivity index (χ4v) is 2.69. The summed E-state index contributed by atoms with van der Waals surface area (Å²) in [6.45, 7) is 1.33. The number of nitrogens with one attached hydrogen (secondary N) is 1. The van der Waals surface area contributed by atoms with Crippen molar-refractivity contribution in [3.05, 3.63) is 48.4 Å². The third-order valence-electron chi connectivity index (χ3n) is 4.35. The molecule has 148 valence electrons. The molecule has 6 nitrogen and oxygen atoms in total. The minimum absolute atomic E-state index is 0. The van der Waals surface area contributed by atoms with Crippen molar-refractivity contribution in [1.82, 2.24) is 4.98 Å². The van der Waals surface area contributed by atoms with Crippen molar-refractivity contribution in [2.24, 2.45) is 11.1 Å². The molecule has 3 rings (SSSR count). The van der Waals surface area contributed by atoms with E-state index in [0.717, 1.165) is 0 Å². The summed E-state index contributed by atoms with van der Waals surface area (Å²) in [6, 6.07) is 9.03. The predicted octanol–water partition coefficient (Wildman–Crippen LogP) is 3.55. The second kappa shape index (κ2) is 10.4. The van der Waals surface area contributed by atoms with Crippen LogP contribution in [0, 0.1) is 11.2 Å². The van der Waals surface area contributed by atoms with Crippen molar-refractivity contribution >= 4 is 36.5 Å². The Balaban J connectivity index is 0.00000182. The number of hydrogen-bond acceptors (Lipinski definition) is 5. The molecule has 27 heavy (non-hydrogen) atoms. The van der Waals surface area contributed by atoms with Gasteiger partial charge < -0.3 is 20.5 Å². The van der Waals surface area contributed by atoms with Crippen LogP contribution in [0.5, 0.6) is 11.5 Å². The smallest absolute Gasteiger partial charge is 0.233 e. The molecule has 9 heteroatoms. The molecule has 0 saturated carbocycles. The maximum absolute atomic E-state index is 12.9. The van der Waals surface area contributed by atoms with E-state index in [9.17, 15) is 9.18 Å². The standard InChI is InChI=1S/C18H20FN3O3.2ClH/c19-13-1-3-14(4-2-13)25-15-5-6-16(21-11-15)22-17(23)18(12-20)7-9-24-10-8-18;;/h1-6,11H,7-10,12,20H2,(H,21,22,23);2*1H. The van der Waals surface area contributed by atoms with Gasteiger partial charge in [0.15, 0.2) is 0 Å². The number of hydrogen-bond donors (Lipinski definition) is 2. The Bertz CT molecular complexity index is 724. The summed E-state index contributed by atoms with van der Waals surface area (Å²) in [4.78, 5) is 16.8. The highest BCUT2D eigenvalue weighted by Crippen LogP contribution is 2.31. The van der Waals surface area contributed by atoms with E-state index in [1.165, 1.54) is 30.5 Å². The Morgan fingerprint density at radius 1 is 1.15 bits per heavy atom. The van der Waals surface area contributed by atoms with Crippen molar-refractivity contribution < 1.29 is 18.7 Å². The van der Waals surface area contributed by atoms with Gasteiger partial charge in [0.25, 0.3) is 0 Å². The molecular weight excluding hydrogens is 396 g/mol. The lowest BCUT2D eigenvalue weighted by Crippen LogP contribution is -2.46. The number of carbonyl (C=O) groups excluding carboxylic acids is 1. The highest BCUT2D eigenvalue weighted by atomic mass is 35.5. The maximum atomic E-state index is 12.9. The van der Waals surface area contributed by atoms with E-state index in [2.05, 4.69) is 10.3 Å². The number of carbonyl (C=O) groups is 1. The first kappa shape index (κ1) is 23.1. The molecule has 1 aromatic carbocycles. The number of aromatic nitrogens is 1. The average Bonchev–Trinajstić information content (AvgIpc) is 2.65. The van der Waals surface area contributed by atoms with Crippen molar-refractivity contribution in [2.45, 2.75) is 12.8 Å². The van der Waals surface area contributed by atoms with Crippen LogP contribution in [0.2, 0.25) is 0 Å². The van der Waals surface area contributed by atoms with Crippen LogP contribution >= 0.6 is 24.8 Å². The van der Waals surface area contributed by atoms with Gasteiger partial charge in [0.1, 0.15) is 23.1 Å². The van der Waals surface area contributed by atoms with E-state index in [4.69, 9.17) is 15.2 Å². The highest BCUT2D eigenvalue weighted by molar-refractivity contribution is 5.94. The summed E-state index contributed by atoms with van der Waals surface area (Å²) in [5.41, 5.74) is 5.22. The molecule has 1 aliphatic heterocycles. The van der Waals surface area contributed by atoms with Crippen LogP contribution in [0.15, 0.2) is 42.6 Å². The fraction of sp³-hybridized carbons (Fsp3) is 0.333. The molecular formula is C18H22Cl2FN3O3. The maximum Gasteiger partial charge on any atom is 0.233 e. The lowest BCUT2D eigenvalue weighted by molar-refractivity contribution is -0.130. The topological polar surface area (TPSA) is 86.5 Å². The van der Waals surface area contributed by atoms with Crippen LogP contribution < -0.4 is 15.8 Å². The highest BCUT2D eigenvalue weighted by Gasteiger charge is 2.38. The summed E-state index contributed by atoms with van der Waals surface area (Å²) in [5, 5.41) is 2.81. The average molecular weight is 418 g/mol. The van der Waals surface area contributed by atoms with Crippen LogP contribution in [-0.4, -0.2) is 30.6 Å². The molecule has 0 radical (unpaired) electrons. The molecule has 1 saturated heterocycles. The van der Waals surface area contributed by atoms with E-state index in [1.807, 2.05) is 0 Å². The largest absolute Gasteiger partial charge is 0.456 e. The number of halogens is 3. The van der Waals surface area contributed by atoms with Crippen LogP contribution in [0.1, 0.15) is 12.8 Å². The van der Waals surface area contributed by atoms with Crippen LogP contribution in [0.3, 0.4) is 0 Å². The van der Waals surface area contributed by atoms with Crippen molar-refractivity contribution in [3.63, 3.8) is 0 Å². The van der Waals surface area contributed by atoms with Gasteiger partial charge in [0.2, 0.25) is 5.91 Å². The Morgan fingerprint density at radius 3 is 2.33 bits per heavy atom. The fourth-order valence-electron chi connectivity index (χ4n) is 2.69. The van der Waals surface area contributed by atoms with Gasteiger partial charge in [0, 0.05) is 19.8 Å². The Kier molecular flexibility index (Phi) is 8.92. The first-order valence-electron chi connectivity index (χ1n) is 8.10. The summed E-state index contributed by atoms with van der Waals surface area (Å²) in [6.07, 6.45) is 2.69. The minimum atomic E-state index is -0.608. The minimum Gasteiger partial charge on any atom is -0.456 e. The zero-order chi connectivity index (χ0) is 17.7. The Labute approximate surface area is 169 Å². The van der Waals surface area contributed by atoms with Crippen molar-refractivity contribution in [1.29, 1.82) is 0 Å². The van der Waals surface area contributed by atoms with Gasteiger partial charge in [-0.05, 0) is 49.2 Å². The summed E-state index contributed by atoms with van der Waals surface area (Å²) < 4.78 is 23.8. The normalized spacial score (nSPS) is 15.0. The molecule has 1 fully saturated rings. The van der Waals surface area contributed by atoms with Crippen LogP contribution in [0.4, 0.5) is 10.2 Å². The summed E-state index contributed by atoms with van der Waals surface area (Å²) in [5.74, 6) is 0.952. The monoisotopic (exact) mass is 417 g/mol. The number of ether oxygens (including phenoxy) is 2. The summed E-state index contributed by atoms with van der Waals surface area (Å²) in [7, 11) is 0. The van der Waals surface area contributed by atoms with Gasteiger partial charge in [-0.2, -0.15) is 0 Å². The van der Waals surface area contributed by atoms with E-state index >= 15 is 0 Å². The Morgan fingerprint density at radius 2 is 1.78 bits per heavy atom. The quantitative estimate of drug-likeness (QED) is 0.776. The number of benzene rings is 1. The molecule has 2 heterocycles. The zero-order valence-corrected chi connectivity index (χ0v) is 16.2. The number of amides is 1. The van der Waals surface area contributed by atoms with Gasteiger partial charge in [-0.25, -0.2) is 9.37 Å². The molecule has 0 aliphatic carbocycles. The van der Waals surface area contributed by atoms with Crippen molar-refractivity contribution in [3.8, 4) is 11.5 Å². The molecule has 0 unspecified atom stereocenters. The van der Waals surface area contributed by atoms with E-state index in [0.29, 0.717) is 43.4 Å². The Hall–Kier alpha value is -1.93. The van der Waals surface area contributed by atoms with Crippen molar-refractivity contribution in [2.75, 3.05) is 25.1 Å². The van der Waals surface area contributed by atoms with Crippen LogP contribution in [-0.2, 0) is 9.53 Å². The van der Waals surface area contributed by atoms with Gasteiger partial charge in [0.05, 0.1) is 11.6 Å². The van der Waals surface area contributed by atoms with E-state index in [1.54, 1.807) is 12.1 Å². The molecule has 0 spiro atoms. The molecule has 1 aromatic heterocycles. The van der Waals surface area contributed by atoms with Crippen LogP contribution in [0.25, 0.3) is 0 Å². The molecule has 1 aliphatic rings. The summed E-state index contributed by atoms with van der Waals surface area (Å²) >= 11 is 0.